The van der Waals surface area contributed by atoms with Crippen molar-refractivity contribution in [2.75, 3.05) is 13.2 Å². The fourth-order valence-corrected chi connectivity index (χ4v) is 1.95. The van der Waals surface area contributed by atoms with Crippen LogP contribution in [0.15, 0.2) is 0 Å². The molecule has 0 bridgehead atoms. The van der Waals surface area contributed by atoms with E-state index in [0.717, 1.165) is 25.7 Å². The summed E-state index contributed by atoms with van der Waals surface area (Å²) in [6.07, 6.45) is 5.03. The fraction of sp³-hybridized carbons (Fsp3) is 0.917. The van der Waals surface area contributed by atoms with Crippen molar-refractivity contribution < 1.29 is 9.90 Å². The van der Waals surface area contributed by atoms with Gasteiger partial charge in [0.1, 0.15) is 0 Å². The van der Waals surface area contributed by atoms with E-state index < -0.39 is 0 Å². The lowest BCUT2D eigenvalue weighted by atomic mass is 9.99. The second kappa shape index (κ2) is 6.11. The molecule has 1 amide bonds. The Morgan fingerprint density at radius 1 is 1.40 bits per heavy atom. The van der Waals surface area contributed by atoms with Gasteiger partial charge in [0, 0.05) is 19.0 Å². The van der Waals surface area contributed by atoms with Crippen molar-refractivity contribution in [2.24, 2.45) is 5.92 Å². The first-order valence-electron chi connectivity index (χ1n) is 6.13. The standard InChI is InChI=1S/C12H23NO2/c1-3-10(4-2)9-12(15)13(7-8-14)11-5-6-11/h10-11,14H,3-9H2,1-2H3. The van der Waals surface area contributed by atoms with Crippen molar-refractivity contribution in [2.45, 2.75) is 52.0 Å². The lowest BCUT2D eigenvalue weighted by Crippen LogP contribution is -2.36. The van der Waals surface area contributed by atoms with Crippen LogP contribution in [0.5, 0.6) is 0 Å². The third-order valence-corrected chi connectivity index (χ3v) is 3.27. The number of aliphatic hydroxyl groups excluding tert-OH is 1. The second-order valence-electron chi connectivity index (χ2n) is 4.43. The van der Waals surface area contributed by atoms with Crippen LogP contribution in [0.2, 0.25) is 0 Å². The van der Waals surface area contributed by atoms with E-state index in [4.69, 9.17) is 5.11 Å². The Balaban J connectivity index is 2.40. The zero-order chi connectivity index (χ0) is 11.3. The minimum absolute atomic E-state index is 0.0884. The summed E-state index contributed by atoms with van der Waals surface area (Å²) in [5, 5.41) is 8.92. The molecule has 0 saturated heterocycles. The van der Waals surface area contributed by atoms with Gasteiger partial charge in [0.05, 0.1) is 6.61 Å². The molecule has 1 fully saturated rings. The number of hydrogen-bond donors (Lipinski definition) is 1. The molecule has 0 aliphatic heterocycles. The maximum atomic E-state index is 12.0. The van der Waals surface area contributed by atoms with Crippen LogP contribution in [0.4, 0.5) is 0 Å². The van der Waals surface area contributed by atoms with Crippen LogP contribution in [-0.2, 0) is 4.79 Å². The van der Waals surface area contributed by atoms with Gasteiger partial charge in [-0.1, -0.05) is 26.7 Å². The summed E-state index contributed by atoms with van der Waals surface area (Å²) in [6.45, 7) is 4.87. The molecule has 0 radical (unpaired) electrons. The average molecular weight is 213 g/mol. The summed E-state index contributed by atoms with van der Waals surface area (Å²) in [6, 6.07) is 0.430. The van der Waals surface area contributed by atoms with Crippen LogP contribution in [0.3, 0.4) is 0 Å². The Kier molecular flexibility index (Phi) is 5.09. The summed E-state index contributed by atoms with van der Waals surface area (Å²) in [7, 11) is 0. The van der Waals surface area contributed by atoms with Crippen LogP contribution in [0, 0.1) is 5.92 Å². The van der Waals surface area contributed by atoms with Crippen LogP contribution in [-0.4, -0.2) is 35.1 Å². The van der Waals surface area contributed by atoms with Gasteiger partial charge in [0.15, 0.2) is 0 Å². The first kappa shape index (κ1) is 12.5. The summed E-state index contributed by atoms with van der Waals surface area (Å²) < 4.78 is 0. The molecule has 3 heteroatoms. The molecule has 0 spiro atoms. The Hall–Kier alpha value is -0.570. The van der Waals surface area contributed by atoms with Crippen molar-refractivity contribution in [1.82, 2.24) is 4.90 Å². The third kappa shape index (κ3) is 3.82. The molecule has 0 atom stereocenters. The van der Waals surface area contributed by atoms with Gasteiger partial charge < -0.3 is 10.0 Å². The second-order valence-corrected chi connectivity index (χ2v) is 4.43. The average Bonchev–Trinajstić information content (AvgIpc) is 3.06. The van der Waals surface area contributed by atoms with Gasteiger partial charge in [0.2, 0.25) is 5.91 Å². The van der Waals surface area contributed by atoms with Gasteiger partial charge in [-0.2, -0.15) is 0 Å². The van der Waals surface area contributed by atoms with Gasteiger partial charge in [0.25, 0.3) is 0 Å². The Labute approximate surface area is 92.5 Å². The summed E-state index contributed by atoms with van der Waals surface area (Å²) >= 11 is 0. The van der Waals surface area contributed by atoms with Gasteiger partial charge >= 0.3 is 0 Å². The molecule has 0 aromatic heterocycles. The number of rotatable bonds is 7. The highest BCUT2D eigenvalue weighted by atomic mass is 16.3. The van der Waals surface area contributed by atoms with Crippen LogP contribution < -0.4 is 0 Å². The van der Waals surface area contributed by atoms with Crippen molar-refractivity contribution in [3.05, 3.63) is 0 Å². The maximum absolute atomic E-state index is 12.0. The van der Waals surface area contributed by atoms with Crippen LogP contribution in [0.25, 0.3) is 0 Å². The molecule has 0 unspecified atom stereocenters. The number of hydrogen-bond acceptors (Lipinski definition) is 2. The van der Waals surface area contributed by atoms with Crippen molar-refractivity contribution in [3.8, 4) is 0 Å². The molecular formula is C12H23NO2. The fourth-order valence-electron chi connectivity index (χ4n) is 1.95. The number of aliphatic hydroxyl groups is 1. The minimum Gasteiger partial charge on any atom is -0.395 e. The summed E-state index contributed by atoms with van der Waals surface area (Å²) in [5.41, 5.74) is 0. The predicted octanol–water partition coefficient (Wildman–Crippen LogP) is 1.80. The summed E-state index contributed by atoms with van der Waals surface area (Å²) in [4.78, 5) is 13.8. The Morgan fingerprint density at radius 3 is 2.40 bits per heavy atom. The molecule has 15 heavy (non-hydrogen) atoms. The molecule has 1 rings (SSSR count). The van der Waals surface area contributed by atoms with E-state index in [0.29, 0.717) is 24.9 Å². The molecule has 1 N–H and O–H groups in total. The largest absolute Gasteiger partial charge is 0.395 e. The minimum atomic E-state index is 0.0884. The van der Waals surface area contributed by atoms with E-state index in [1.165, 1.54) is 0 Å². The van der Waals surface area contributed by atoms with Gasteiger partial charge in [-0.3, -0.25) is 4.79 Å². The highest BCUT2D eigenvalue weighted by molar-refractivity contribution is 5.77. The predicted molar refractivity (Wildman–Crippen MR) is 60.5 cm³/mol. The lowest BCUT2D eigenvalue weighted by Gasteiger charge is -2.23. The molecule has 0 heterocycles. The highest BCUT2D eigenvalue weighted by Gasteiger charge is 2.32. The van der Waals surface area contributed by atoms with Crippen LogP contribution in [0.1, 0.15) is 46.0 Å². The molecule has 1 aliphatic rings. The molecular weight excluding hydrogens is 190 g/mol. The lowest BCUT2D eigenvalue weighted by molar-refractivity contribution is -0.133. The molecule has 1 saturated carbocycles. The van der Waals surface area contributed by atoms with Crippen molar-refractivity contribution in [3.63, 3.8) is 0 Å². The molecule has 1 aliphatic carbocycles. The molecule has 88 valence electrons. The van der Waals surface area contributed by atoms with Crippen LogP contribution >= 0.6 is 0 Å². The van der Waals surface area contributed by atoms with Gasteiger partial charge in [-0.05, 0) is 18.8 Å². The van der Waals surface area contributed by atoms with E-state index in [9.17, 15) is 4.79 Å². The quantitative estimate of drug-likeness (QED) is 0.700. The number of nitrogens with zero attached hydrogens (tertiary/aromatic N) is 1. The molecule has 3 nitrogen and oxygen atoms in total. The monoisotopic (exact) mass is 213 g/mol. The Morgan fingerprint density at radius 2 is 2.00 bits per heavy atom. The van der Waals surface area contributed by atoms with Crippen molar-refractivity contribution in [1.29, 1.82) is 0 Å². The number of carbonyl (C=O) groups is 1. The van der Waals surface area contributed by atoms with E-state index in [2.05, 4.69) is 13.8 Å². The zero-order valence-corrected chi connectivity index (χ0v) is 9.91. The number of amides is 1. The van der Waals surface area contributed by atoms with Gasteiger partial charge in [-0.15, -0.1) is 0 Å². The number of carbonyl (C=O) groups excluding carboxylic acids is 1. The van der Waals surface area contributed by atoms with E-state index in [-0.39, 0.29) is 12.5 Å². The van der Waals surface area contributed by atoms with E-state index in [1.807, 2.05) is 4.90 Å². The zero-order valence-electron chi connectivity index (χ0n) is 9.91. The Bertz CT molecular complexity index is 198. The van der Waals surface area contributed by atoms with E-state index >= 15 is 0 Å². The smallest absolute Gasteiger partial charge is 0.223 e. The van der Waals surface area contributed by atoms with Crippen molar-refractivity contribution >= 4 is 5.91 Å². The van der Waals surface area contributed by atoms with E-state index in [1.54, 1.807) is 0 Å². The topological polar surface area (TPSA) is 40.5 Å². The molecule has 0 aromatic rings. The molecule has 0 aromatic carbocycles. The first-order chi connectivity index (χ1) is 7.22. The van der Waals surface area contributed by atoms with Gasteiger partial charge in [-0.25, -0.2) is 0 Å². The SMILES string of the molecule is CCC(CC)CC(=O)N(CCO)C1CC1. The highest BCUT2D eigenvalue weighted by Crippen LogP contribution is 2.28. The first-order valence-corrected chi connectivity index (χ1v) is 6.13. The normalized spacial score (nSPS) is 15.7. The third-order valence-electron chi connectivity index (χ3n) is 3.27. The summed E-state index contributed by atoms with van der Waals surface area (Å²) in [5.74, 6) is 0.748. The maximum Gasteiger partial charge on any atom is 0.223 e.